The van der Waals surface area contributed by atoms with Crippen molar-refractivity contribution < 1.29 is 29.3 Å². The summed E-state index contributed by atoms with van der Waals surface area (Å²) in [7, 11) is 0. The predicted octanol–water partition coefficient (Wildman–Crippen LogP) is 6.19. The van der Waals surface area contributed by atoms with E-state index in [1.807, 2.05) is 48.7 Å². The third-order valence-electron chi connectivity index (χ3n) is 7.19. The van der Waals surface area contributed by atoms with E-state index in [9.17, 15) is 29.5 Å². The summed E-state index contributed by atoms with van der Waals surface area (Å²) in [4.78, 5) is 25.2. The Morgan fingerprint density at radius 1 is 0.930 bits per heavy atom. The number of benzene rings is 3. The van der Waals surface area contributed by atoms with E-state index in [-0.39, 0.29) is 25.3 Å². The van der Waals surface area contributed by atoms with Crippen LogP contribution in [0, 0.1) is 17.1 Å². The van der Waals surface area contributed by atoms with Crippen LogP contribution in [-0.4, -0.2) is 44.0 Å². The minimum Gasteiger partial charge on any atom is -0.481 e. The Hall–Kier alpha value is -4.78. The van der Waals surface area contributed by atoms with Crippen molar-refractivity contribution in [3.63, 3.8) is 0 Å². The molecule has 0 saturated heterocycles. The van der Waals surface area contributed by atoms with E-state index in [2.05, 4.69) is 11.4 Å². The summed E-state index contributed by atoms with van der Waals surface area (Å²) < 4.78 is 16.0. The summed E-state index contributed by atoms with van der Waals surface area (Å²) in [5.74, 6) is -2.18. The second-order valence-corrected chi connectivity index (χ2v) is 10.7. The topological polar surface area (TPSA) is 136 Å². The number of para-hydroxylation sites is 1. The summed E-state index contributed by atoms with van der Waals surface area (Å²) >= 11 is 0. The molecule has 0 bridgehead atoms. The number of aliphatic hydroxyl groups excluding tert-OH is 2. The summed E-state index contributed by atoms with van der Waals surface area (Å²) in [6.45, 7) is 4.12. The number of carboxylic acid groups (broad SMARTS) is 1. The van der Waals surface area contributed by atoms with Gasteiger partial charge in [-0.15, -0.1) is 0 Å². The van der Waals surface area contributed by atoms with Gasteiger partial charge in [0.2, 0.25) is 0 Å². The number of aliphatic carboxylic acids is 1. The number of hydrogen-bond acceptors (Lipinski definition) is 5. The van der Waals surface area contributed by atoms with Crippen LogP contribution in [0.1, 0.15) is 60.6 Å². The van der Waals surface area contributed by atoms with Gasteiger partial charge in [0.1, 0.15) is 11.9 Å². The maximum Gasteiger partial charge on any atom is 0.305 e. The number of nitrogens with zero attached hydrogens (tertiary/aromatic N) is 2. The Balaban J connectivity index is 1.92. The highest BCUT2D eigenvalue weighted by Gasteiger charge is 2.31. The molecule has 8 nitrogen and oxygen atoms in total. The molecule has 9 heteroatoms. The molecule has 2 atom stereocenters. The number of carboxylic acids is 1. The fraction of sp³-hybridized carbons (Fsp3) is 0.265. The number of carbonyl (C=O) groups is 2. The van der Waals surface area contributed by atoms with Crippen molar-refractivity contribution >= 4 is 17.6 Å². The number of anilines is 1. The molecule has 4 rings (SSSR count). The molecule has 43 heavy (non-hydrogen) atoms. The molecule has 4 N–H and O–H groups in total. The summed E-state index contributed by atoms with van der Waals surface area (Å²) in [6, 6.07) is 24.1. The van der Waals surface area contributed by atoms with Gasteiger partial charge < -0.3 is 25.2 Å². The van der Waals surface area contributed by atoms with E-state index in [1.165, 1.54) is 12.1 Å². The van der Waals surface area contributed by atoms with E-state index in [4.69, 9.17) is 5.11 Å². The summed E-state index contributed by atoms with van der Waals surface area (Å²) in [5, 5.41) is 42.4. The summed E-state index contributed by atoms with van der Waals surface area (Å²) in [6.07, 6.45) is -2.67. The van der Waals surface area contributed by atoms with Crippen LogP contribution in [0.2, 0.25) is 0 Å². The van der Waals surface area contributed by atoms with Gasteiger partial charge in [0, 0.05) is 17.8 Å². The molecule has 0 saturated carbocycles. The smallest absolute Gasteiger partial charge is 0.305 e. The molecule has 0 unspecified atom stereocenters. The number of aromatic nitrogens is 1. The molecule has 0 fully saturated rings. The molecule has 0 aliphatic carbocycles. The minimum atomic E-state index is -1.21. The second kappa shape index (κ2) is 13.9. The molecule has 1 heterocycles. The Kier molecular flexibility index (Phi) is 10.1. The van der Waals surface area contributed by atoms with Gasteiger partial charge in [-0.1, -0.05) is 56.3 Å². The molecule has 3 aromatic carbocycles. The number of hydrogen-bond donors (Lipinski definition) is 4. The predicted molar refractivity (Wildman–Crippen MR) is 162 cm³/mol. The highest BCUT2D eigenvalue weighted by molar-refractivity contribution is 6.13. The van der Waals surface area contributed by atoms with Crippen LogP contribution in [-0.2, 0) is 11.3 Å². The zero-order valence-electron chi connectivity index (χ0n) is 24.0. The molecule has 4 aromatic rings. The van der Waals surface area contributed by atoms with Gasteiger partial charge in [0.05, 0.1) is 41.1 Å². The van der Waals surface area contributed by atoms with Gasteiger partial charge in [-0.05, 0) is 66.3 Å². The lowest BCUT2D eigenvalue weighted by Crippen LogP contribution is -2.22. The van der Waals surface area contributed by atoms with E-state index in [1.54, 1.807) is 36.4 Å². The fourth-order valence-corrected chi connectivity index (χ4v) is 5.36. The van der Waals surface area contributed by atoms with Crippen molar-refractivity contribution in [1.29, 1.82) is 5.26 Å². The highest BCUT2D eigenvalue weighted by atomic mass is 19.1. The lowest BCUT2D eigenvalue weighted by atomic mass is 9.94. The number of rotatable bonds is 12. The highest BCUT2D eigenvalue weighted by Crippen LogP contribution is 2.42. The quantitative estimate of drug-likeness (QED) is 0.157. The van der Waals surface area contributed by atoms with Gasteiger partial charge in [0.15, 0.2) is 0 Å². The van der Waals surface area contributed by atoms with Crippen LogP contribution in [0.4, 0.5) is 10.1 Å². The molecule has 0 aliphatic rings. The van der Waals surface area contributed by atoms with Crippen LogP contribution in [0.5, 0.6) is 0 Å². The standard InChI is InChI=1S/C34H34FN3O5/c1-21(2)32-31(34(43)37-28-11-7-6-10-24(28)20-36)30(22-8-4-3-5-9-22)33(23-12-14-25(35)15-13-23)38(32)17-16-26(39)18-27(40)19-29(41)42/h3-15,21,26-27,39-40H,16-19H2,1-2H3,(H,37,43)(H,41,42)/t26-,27-/m1/s1. The SMILES string of the molecule is CC(C)c1c(C(=O)Nc2ccccc2C#N)c(-c2ccccc2)c(-c2ccc(F)cc2)n1CC[C@@H](O)C[C@@H](O)CC(=O)O. The van der Waals surface area contributed by atoms with Crippen molar-refractivity contribution in [1.82, 2.24) is 4.57 Å². The average Bonchev–Trinajstić information content (AvgIpc) is 3.32. The van der Waals surface area contributed by atoms with Gasteiger partial charge in [0.25, 0.3) is 5.91 Å². The zero-order valence-corrected chi connectivity index (χ0v) is 24.0. The molecule has 0 radical (unpaired) electrons. The van der Waals surface area contributed by atoms with Crippen molar-refractivity contribution in [3.8, 4) is 28.5 Å². The Morgan fingerprint density at radius 3 is 2.21 bits per heavy atom. The van der Waals surface area contributed by atoms with Crippen LogP contribution in [0.15, 0.2) is 78.9 Å². The number of carbonyl (C=O) groups excluding carboxylic acids is 1. The maximum absolute atomic E-state index is 14.2. The van der Waals surface area contributed by atoms with Crippen molar-refractivity contribution in [2.45, 2.75) is 57.8 Å². The van der Waals surface area contributed by atoms with E-state index >= 15 is 0 Å². The minimum absolute atomic E-state index is 0.125. The van der Waals surface area contributed by atoms with Gasteiger partial charge in [-0.3, -0.25) is 9.59 Å². The molecule has 1 aromatic heterocycles. The van der Waals surface area contributed by atoms with E-state index < -0.39 is 36.3 Å². The number of nitrogens with one attached hydrogen (secondary N) is 1. The first-order valence-corrected chi connectivity index (χ1v) is 14.1. The maximum atomic E-state index is 14.2. The number of amides is 1. The normalized spacial score (nSPS) is 12.5. The van der Waals surface area contributed by atoms with Gasteiger partial charge >= 0.3 is 5.97 Å². The number of aliphatic hydroxyl groups is 2. The van der Waals surface area contributed by atoms with E-state index in [0.29, 0.717) is 39.3 Å². The summed E-state index contributed by atoms with van der Waals surface area (Å²) in [5.41, 5.74) is 4.39. The van der Waals surface area contributed by atoms with Gasteiger partial charge in [-0.2, -0.15) is 5.26 Å². The first-order valence-electron chi connectivity index (χ1n) is 14.1. The molecular weight excluding hydrogens is 549 g/mol. The average molecular weight is 584 g/mol. The Bertz CT molecular complexity index is 1620. The fourth-order valence-electron chi connectivity index (χ4n) is 5.36. The first-order chi connectivity index (χ1) is 20.6. The van der Waals surface area contributed by atoms with E-state index in [0.717, 1.165) is 5.56 Å². The lowest BCUT2D eigenvalue weighted by Gasteiger charge is -2.20. The van der Waals surface area contributed by atoms with Crippen molar-refractivity contribution in [2.75, 3.05) is 5.32 Å². The van der Waals surface area contributed by atoms with Crippen LogP contribution in [0.3, 0.4) is 0 Å². The molecule has 0 aliphatic heterocycles. The molecular formula is C34H34FN3O5. The largest absolute Gasteiger partial charge is 0.481 e. The first kappa shape index (κ1) is 31.2. The van der Waals surface area contributed by atoms with Crippen molar-refractivity contribution in [3.05, 3.63) is 102 Å². The van der Waals surface area contributed by atoms with Crippen LogP contribution in [0.25, 0.3) is 22.4 Å². The van der Waals surface area contributed by atoms with Crippen LogP contribution >= 0.6 is 0 Å². The number of halogens is 1. The third-order valence-corrected chi connectivity index (χ3v) is 7.19. The monoisotopic (exact) mass is 583 g/mol. The third kappa shape index (κ3) is 7.36. The Labute approximate surface area is 249 Å². The van der Waals surface area contributed by atoms with Crippen LogP contribution < -0.4 is 5.32 Å². The molecule has 222 valence electrons. The van der Waals surface area contributed by atoms with Crippen molar-refractivity contribution in [2.24, 2.45) is 0 Å². The second-order valence-electron chi connectivity index (χ2n) is 10.7. The number of nitriles is 1. The Morgan fingerprint density at radius 2 is 1.58 bits per heavy atom. The molecule has 0 spiro atoms. The molecule has 1 amide bonds. The zero-order chi connectivity index (χ0) is 31.1. The lowest BCUT2D eigenvalue weighted by molar-refractivity contribution is -0.139. The van der Waals surface area contributed by atoms with Gasteiger partial charge in [-0.25, -0.2) is 4.39 Å².